The van der Waals surface area contributed by atoms with E-state index in [1.165, 1.54) is 10.9 Å². The molecule has 17 heteroatoms. The average Bonchev–Trinajstić information content (AvgIpc) is 3.56. The summed E-state index contributed by atoms with van der Waals surface area (Å²) in [5.41, 5.74) is 4.44. The SMILES string of the molecule is C[C@H](N[P@](=S)(OC[C@@]1(CCl)O[C@@H](n2cnc3c(N(C)C)nc(N)nc32)[C@@H](F)[C@@H]1O)Oc1cccc2ccccc12)C(=O)OCC(C)(C)C. The van der Waals surface area contributed by atoms with Crippen molar-refractivity contribution in [1.29, 1.82) is 0 Å². The largest absolute Gasteiger partial charge is 0.464 e. The Balaban J connectivity index is 1.44. The highest BCUT2D eigenvalue weighted by molar-refractivity contribution is 8.09. The number of aliphatic hydroxyl groups excluding tert-OH is 1. The standard InChI is InChI=1S/C31H40ClFN7O6PS/c1-18(28(42)43-15-30(2,3)4)38-47(48,46-21-13-9-11-19-10-7-8-12-20(19)21)44-16-31(14-32)24(41)22(33)27(45-31)40-17-35-23-25(39(5)6)36-29(34)37-26(23)40/h7-13,17-18,22,24,27,41H,14-16H2,1-6H3,(H,38,48)(H2,34,36,37)/t18-,22-,24-,27+,31+,47-/m0/s1. The summed E-state index contributed by atoms with van der Waals surface area (Å²) in [6.07, 6.45) is -3.82. The van der Waals surface area contributed by atoms with E-state index in [0.717, 1.165) is 10.8 Å². The van der Waals surface area contributed by atoms with E-state index in [2.05, 4.69) is 20.0 Å². The molecule has 0 bridgehead atoms. The lowest BCUT2D eigenvalue weighted by atomic mass is 9.99. The molecule has 1 aliphatic heterocycles. The number of anilines is 2. The highest BCUT2D eigenvalue weighted by Gasteiger charge is 2.57. The van der Waals surface area contributed by atoms with Gasteiger partial charge < -0.3 is 34.3 Å². The number of ether oxygens (including phenoxy) is 2. The van der Waals surface area contributed by atoms with Gasteiger partial charge in [-0.15, -0.1) is 11.6 Å². The van der Waals surface area contributed by atoms with Crippen LogP contribution in [0.1, 0.15) is 33.9 Å². The highest BCUT2D eigenvalue weighted by Crippen LogP contribution is 2.50. The highest BCUT2D eigenvalue weighted by atomic mass is 35.5. The molecule has 13 nitrogen and oxygen atoms in total. The second kappa shape index (κ2) is 14.0. The molecule has 48 heavy (non-hydrogen) atoms. The van der Waals surface area contributed by atoms with Gasteiger partial charge in [-0.3, -0.25) is 9.36 Å². The van der Waals surface area contributed by atoms with Crippen molar-refractivity contribution in [3.8, 4) is 5.75 Å². The van der Waals surface area contributed by atoms with Crippen molar-refractivity contribution in [2.24, 2.45) is 5.41 Å². The fourth-order valence-electron chi connectivity index (χ4n) is 5.11. The van der Waals surface area contributed by atoms with Crippen LogP contribution < -0.4 is 20.2 Å². The third kappa shape index (κ3) is 7.52. The van der Waals surface area contributed by atoms with Crippen LogP contribution in [0.15, 0.2) is 48.8 Å². The predicted molar refractivity (Wildman–Crippen MR) is 186 cm³/mol. The first kappa shape index (κ1) is 36.1. The number of imidazole rings is 1. The lowest BCUT2D eigenvalue weighted by Crippen LogP contribution is -2.48. The number of nitrogen functional groups attached to an aromatic ring is 1. The third-order valence-electron chi connectivity index (χ3n) is 7.61. The van der Waals surface area contributed by atoms with Crippen LogP contribution in [0, 0.1) is 5.41 Å². The Hall–Kier alpha value is -3.17. The quantitative estimate of drug-likeness (QED) is 0.105. The zero-order valence-electron chi connectivity index (χ0n) is 27.5. The summed E-state index contributed by atoms with van der Waals surface area (Å²) in [6, 6.07) is 12.0. The number of hydrogen-bond acceptors (Lipinski definition) is 12. The van der Waals surface area contributed by atoms with Gasteiger partial charge in [0.2, 0.25) is 5.95 Å². The summed E-state index contributed by atoms with van der Waals surface area (Å²) in [4.78, 5) is 27.5. The number of fused-ring (bicyclic) bond motifs is 2. The van der Waals surface area contributed by atoms with Gasteiger partial charge in [0.15, 0.2) is 29.4 Å². The van der Waals surface area contributed by atoms with Gasteiger partial charge in [0.25, 0.3) is 0 Å². The summed E-state index contributed by atoms with van der Waals surface area (Å²) in [7, 11) is 3.51. The Morgan fingerprint density at radius 1 is 1.27 bits per heavy atom. The number of benzene rings is 2. The van der Waals surface area contributed by atoms with Gasteiger partial charge in [0.05, 0.1) is 25.4 Å². The third-order valence-corrected chi connectivity index (χ3v) is 10.5. The van der Waals surface area contributed by atoms with Crippen LogP contribution in [0.3, 0.4) is 0 Å². The maximum Gasteiger partial charge on any atom is 0.323 e. The minimum Gasteiger partial charge on any atom is -0.464 e. The van der Waals surface area contributed by atoms with Crippen molar-refractivity contribution >= 4 is 69.7 Å². The molecule has 4 aromatic rings. The minimum absolute atomic E-state index is 0.0543. The maximum absolute atomic E-state index is 16.0. The summed E-state index contributed by atoms with van der Waals surface area (Å²) in [6.45, 7) is 3.40. The van der Waals surface area contributed by atoms with Crippen LogP contribution in [0.5, 0.6) is 5.75 Å². The molecule has 0 aliphatic carbocycles. The number of nitrogens with one attached hydrogen (secondary N) is 1. The van der Waals surface area contributed by atoms with Crippen LogP contribution in [0.25, 0.3) is 21.9 Å². The van der Waals surface area contributed by atoms with E-state index in [1.807, 2.05) is 51.1 Å². The number of nitrogens with zero attached hydrogens (tertiary/aromatic N) is 5. The van der Waals surface area contributed by atoms with Crippen LogP contribution >= 0.6 is 18.2 Å². The van der Waals surface area contributed by atoms with Gasteiger partial charge >= 0.3 is 12.6 Å². The molecule has 4 N–H and O–H groups in total. The van der Waals surface area contributed by atoms with Gasteiger partial charge in [0.1, 0.15) is 23.5 Å². The molecular formula is C31H40ClFN7O6PS. The monoisotopic (exact) mass is 723 g/mol. The summed E-state index contributed by atoms with van der Waals surface area (Å²) < 4.78 is 41.6. The van der Waals surface area contributed by atoms with E-state index in [4.69, 9.17) is 47.7 Å². The lowest BCUT2D eigenvalue weighted by molar-refractivity contribution is -0.148. The molecule has 0 amide bonds. The van der Waals surface area contributed by atoms with E-state index in [1.54, 1.807) is 38.1 Å². The van der Waals surface area contributed by atoms with Gasteiger partial charge in [-0.05, 0) is 35.6 Å². The van der Waals surface area contributed by atoms with Crippen LogP contribution in [-0.2, 0) is 30.6 Å². The second-order valence-electron chi connectivity index (χ2n) is 13.1. The number of hydrogen-bond donors (Lipinski definition) is 3. The number of rotatable bonds is 12. The molecule has 0 saturated carbocycles. The molecule has 1 aliphatic rings. The van der Waals surface area contributed by atoms with E-state index in [0.29, 0.717) is 17.1 Å². The number of esters is 1. The van der Waals surface area contributed by atoms with Crippen molar-refractivity contribution in [2.45, 2.75) is 57.8 Å². The van der Waals surface area contributed by atoms with Gasteiger partial charge in [-0.1, -0.05) is 57.2 Å². The Bertz CT molecular complexity index is 1840. The van der Waals surface area contributed by atoms with Crippen LogP contribution in [-0.4, -0.2) is 87.7 Å². The van der Waals surface area contributed by atoms with E-state index < -0.39 is 49.4 Å². The fraction of sp³-hybridized carbons (Fsp3) is 0.484. The Labute approximate surface area is 288 Å². The molecule has 1 saturated heterocycles. The summed E-state index contributed by atoms with van der Waals surface area (Å²) in [5, 5.41) is 15.9. The van der Waals surface area contributed by atoms with Crippen molar-refractivity contribution in [3.05, 3.63) is 48.8 Å². The van der Waals surface area contributed by atoms with E-state index >= 15 is 4.39 Å². The number of aliphatic hydroxyl groups is 1. The van der Waals surface area contributed by atoms with Crippen LogP contribution in [0.2, 0.25) is 0 Å². The van der Waals surface area contributed by atoms with Crippen molar-refractivity contribution < 1.29 is 32.8 Å². The number of alkyl halides is 2. The molecule has 0 unspecified atom stereocenters. The van der Waals surface area contributed by atoms with Gasteiger partial charge in [0, 0.05) is 19.5 Å². The first-order valence-corrected chi connectivity index (χ1v) is 18.3. The predicted octanol–water partition coefficient (Wildman–Crippen LogP) is 4.72. The molecule has 2 aromatic heterocycles. The maximum atomic E-state index is 16.0. The first-order valence-electron chi connectivity index (χ1n) is 15.2. The molecule has 6 atom stereocenters. The number of carbonyl (C=O) groups excluding carboxylic acids is 1. The minimum atomic E-state index is -3.67. The molecule has 3 heterocycles. The smallest absolute Gasteiger partial charge is 0.323 e. The molecule has 5 rings (SSSR count). The molecule has 0 radical (unpaired) electrons. The Morgan fingerprint density at radius 2 is 1.98 bits per heavy atom. The van der Waals surface area contributed by atoms with Gasteiger partial charge in [-0.25, -0.2) is 14.5 Å². The lowest BCUT2D eigenvalue weighted by Gasteiger charge is -2.33. The molecule has 1 fully saturated rings. The van der Waals surface area contributed by atoms with E-state index in [9.17, 15) is 9.90 Å². The second-order valence-corrected chi connectivity index (χ2v) is 16.5. The molecular weight excluding hydrogens is 684 g/mol. The first-order chi connectivity index (χ1) is 22.6. The van der Waals surface area contributed by atoms with Crippen molar-refractivity contribution in [1.82, 2.24) is 24.6 Å². The van der Waals surface area contributed by atoms with Crippen molar-refractivity contribution in [3.63, 3.8) is 0 Å². The Morgan fingerprint density at radius 3 is 2.67 bits per heavy atom. The summed E-state index contributed by atoms with van der Waals surface area (Å²) >= 11 is 12.4. The molecule has 260 valence electrons. The van der Waals surface area contributed by atoms with E-state index in [-0.39, 0.29) is 29.5 Å². The van der Waals surface area contributed by atoms with Crippen molar-refractivity contribution in [2.75, 3.05) is 43.8 Å². The zero-order valence-corrected chi connectivity index (χ0v) is 29.9. The van der Waals surface area contributed by atoms with Crippen LogP contribution in [0.4, 0.5) is 16.2 Å². The summed E-state index contributed by atoms with van der Waals surface area (Å²) in [5.74, 6) is -0.189. The fourth-order valence-corrected chi connectivity index (χ4v) is 7.85. The topological polar surface area (TPSA) is 159 Å². The average molecular weight is 724 g/mol. The number of aromatic nitrogens is 4. The molecule has 2 aromatic carbocycles. The number of carbonyl (C=O) groups is 1. The number of nitrogens with two attached hydrogens (primary N) is 1. The van der Waals surface area contributed by atoms with Gasteiger partial charge in [-0.2, -0.15) is 9.97 Å². The zero-order chi connectivity index (χ0) is 35.0. The normalized spacial score (nSPS) is 23.2. The molecule has 0 spiro atoms. The Kier molecular flexibility index (Phi) is 10.5. The number of halogens is 2.